The number of aromatic carboxylic acids is 1. The van der Waals surface area contributed by atoms with Gasteiger partial charge in [0.15, 0.2) is 0 Å². The van der Waals surface area contributed by atoms with Gasteiger partial charge in [-0.2, -0.15) is 0 Å². The highest BCUT2D eigenvalue weighted by molar-refractivity contribution is 6.16. The van der Waals surface area contributed by atoms with E-state index < -0.39 is 11.9 Å². The Balaban J connectivity index is 2.01. The number of ether oxygens (including phenoxy) is 1. The molecule has 136 valence electrons. The molecule has 0 saturated heterocycles. The summed E-state index contributed by atoms with van der Waals surface area (Å²) in [6, 6.07) is 6.29. The van der Waals surface area contributed by atoms with Crippen molar-refractivity contribution in [2.24, 2.45) is 0 Å². The lowest BCUT2D eigenvalue weighted by Crippen LogP contribution is -2.34. The number of rotatable bonds is 4. The summed E-state index contributed by atoms with van der Waals surface area (Å²) in [6.07, 6.45) is 5.63. The number of amides is 1. The molecule has 6 nitrogen and oxygen atoms in total. The van der Waals surface area contributed by atoms with E-state index in [0.717, 1.165) is 25.7 Å². The normalized spacial score (nSPS) is 19.5. The Morgan fingerprint density at radius 3 is 2.35 bits per heavy atom. The van der Waals surface area contributed by atoms with E-state index in [1.165, 1.54) is 19.2 Å². The van der Waals surface area contributed by atoms with Crippen LogP contribution in [0.5, 0.6) is 0 Å². The number of carbonyl (C=O) groups is 3. The van der Waals surface area contributed by atoms with Crippen molar-refractivity contribution in [2.75, 3.05) is 7.11 Å². The maximum absolute atomic E-state index is 13.0. The average Bonchev–Trinajstić information content (AvgIpc) is 3.22. The Hall–Kier alpha value is -2.89. The number of hydrogen-bond donors (Lipinski definition) is 1. The van der Waals surface area contributed by atoms with Gasteiger partial charge in [0.1, 0.15) is 0 Å². The summed E-state index contributed by atoms with van der Waals surface area (Å²) in [7, 11) is 1.30. The van der Waals surface area contributed by atoms with Gasteiger partial charge in [0.05, 0.1) is 23.8 Å². The number of benzene rings is 1. The number of nitrogens with zero attached hydrogens (tertiary/aromatic N) is 1. The number of methoxy groups -OCH3 is 1. The molecule has 0 aromatic heterocycles. The molecule has 0 unspecified atom stereocenters. The number of esters is 1. The molecule has 0 spiro atoms. The van der Waals surface area contributed by atoms with Crippen LogP contribution in [0, 0.1) is 0 Å². The molecule has 1 saturated carbocycles. The largest absolute Gasteiger partial charge is 0.478 e. The smallest absolute Gasteiger partial charge is 0.340 e. The summed E-state index contributed by atoms with van der Waals surface area (Å²) >= 11 is 0. The van der Waals surface area contributed by atoms with Gasteiger partial charge in [-0.15, -0.1) is 0 Å². The fourth-order valence-electron chi connectivity index (χ4n) is 3.69. The molecular formula is C20H21NO5. The van der Waals surface area contributed by atoms with Gasteiger partial charge >= 0.3 is 11.9 Å². The van der Waals surface area contributed by atoms with Gasteiger partial charge in [-0.05, 0) is 43.5 Å². The molecule has 26 heavy (non-hydrogen) atoms. The number of carboxylic acid groups (broad SMARTS) is 1. The lowest BCUT2D eigenvalue weighted by Gasteiger charge is -2.25. The van der Waals surface area contributed by atoms with Crippen LogP contribution in [0.1, 0.15) is 48.5 Å². The van der Waals surface area contributed by atoms with Gasteiger partial charge in [-0.3, -0.25) is 4.79 Å². The van der Waals surface area contributed by atoms with Gasteiger partial charge in [0, 0.05) is 11.7 Å². The zero-order valence-corrected chi connectivity index (χ0v) is 14.8. The summed E-state index contributed by atoms with van der Waals surface area (Å²) < 4.78 is 4.89. The molecule has 0 atom stereocenters. The average molecular weight is 355 g/mol. The lowest BCUT2D eigenvalue weighted by molar-refractivity contribution is -0.136. The number of carboxylic acids is 1. The third-order valence-corrected chi connectivity index (χ3v) is 4.99. The maximum atomic E-state index is 13.0. The molecular weight excluding hydrogens is 334 g/mol. The van der Waals surface area contributed by atoms with Crippen LogP contribution in [0.25, 0.3) is 6.08 Å². The minimum atomic E-state index is -1.01. The van der Waals surface area contributed by atoms with Gasteiger partial charge in [0.2, 0.25) is 0 Å². The Labute approximate surface area is 151 Å². The van der Waals surface area contributed by atoms with Crippen LogP contribution >= 0.6 is 0 Å². The first-order valence-electron chi connectivity index (χ1n) is 8.62. The first kappa shape index (κ1) is 17.9. The first-order valence-corrected chi connectivity index (χ1v) is 8.62. The number of hydrogen-bond acceptors (Lipinski definition) is 4. The molecule has 1 fully saturated rings. The van der Waals surface area contributed by atoms with Gasteiger partial charge < -0.3 is 14.7 Å². The second-order valence-corrected chi connectivity index (χ2v) is 6.55. The quantitative estimate of drug-likeness (QED) is 0.663. The van der Waals surface area contributed by atoms with Crippen molar-refractivity contribution in [1.29, 1.82) is 0 Å². The van der Waals surface area contributed by atoms with Crippen molar-refractivity contribution in [1.82, 2.24) is 4.90 Å². The van der Waals surface area contributed by atoms with Crippen molar-refractivity contribution in [3.63, 3.8) is 0 Å². The highest BCUT2D eigenvalue weighted by Crippen LogP contribution is 2.37. The Bertz CT molecular complexity index is 813. The molecule has 1 aromatic carbocycles. The second-order valence-electron chi connectivity index (χ2n) is 6.55. The summed E-state index contributed by atoms with van der Waals surface area (Å²) in [6.45, 7) is 1.77. The van der Waals surface area contributed by atoms with Crippen LogP contribution in [0.15, 0.2) is 41.1 Å². The van der Waals surface area contributed by atoms with E-state index in [4.69, 9.17) is 9.84 Å². The van der Waals surface area contributed by atoms with Crippen molar-refractivity contribution < 1.29 is 24.2 Å². The number of allylic oxidation sites excluding steroid dienone is 1. The zero-order chi connectivity index (χ0) is 18.8. The van der Waals surface area contributed by atoms with Crippen molar-refractivity contribution in [3.8, 4) is 0 Å². The minimum Gasteiger partial charge on any atom is -0.478 e. The third-order valence-electron chi connectivity index (χ3n) is 4.99. The van der Waals surface area contributed by atoms with E-state index in [0.29, 0.717) is 16.8 Å². The molecule has 1 heterocycles. The highest BCUT2D eigenvalue weighted by atomic mass is 16.5. The number of carbonyl (C=O) groups excluding carboxylic acids is 2. The Kier molecular flexibility index (Phi) is 4.93. The zero-order valence-electron chi connectivity index (χ0n) is 14.8. The molecule has 1 aromatic rings. The topological polar surface area (TPSA) is 83.9 Å². The SMILES string of the molecule is COC(=O)C1=C(C)N(C2CCCC2)C(=O)C1=Cc1ccc(C(=O)O)cc1. The van der Waals surface area contributed by atoms with Crippen LogP contribution in [0.4, 0.5) is 0 Å². The van der Waals surface area contributed by atoms with E-state index in [1.54, 1.807) is 30.0 Å². The standard InChI is InChI=1S/C20H21NO5/c1-12-17(20(25)26-2)16(18(22)21(12)15-5-3-4-6-15)11-13-7-9-14(10-8-13)19(23)24/h7-11,15H,3-6H2,1-2H3,(H,23,24). The monoisotopic (exact) mass is 355 g/mol. The van der Waals surface area contributed by atoms with Crippen LogP contribution in [-0.4, -0.2) is 41.0 Å². The van der Waals surface area contributed by atoms with E-state index in [9.17, 15) is 14.4 Å². The summed E-state index contributed by atoms with van der Waals surface area (Å²) in [4.78, 5) is 38.0. The highest BCUT2D eigenvalue weighted by Gasteiger charge is 2.40. The van der Waals surface area contributed by atoms with Gasteiger partial charge in [-0.25, -0.2) is 9.59 Å². The van der Waals surface area contributed by atoms with Gasteiger partial charge in [-0.1, -0.05) is 25.0 Å². The fourth-order valence-corrected chi connectivity index (χ4v) is 3.69. The van der Waals surface area contributed by atoms with Crippen molar-refractivity contribution in [3.05, 3.63) is 52.2 Å². The predicted octanol–water partition coefficient (Wildman–Crippen LogP) is 3.00. The molecule has 0 radical (unpaired) electrons. The van der Waals surface area contributed by atoms with Gasteiger partial charge in [0.25, 0.3) is 5.91 Å². The predicted molar refractivity (Wildman–Crippen MR) is 95.2 cm³/mol. The molecule has 3 rings (SSSR count). The molecule has 1 N–H and O–H groups in total. The van der Waals surface area contributed by atoms with E-state index >= 15 is 0 Å². The van der Waals surface area contributed by atoms with Crippen LogP contribution in [-0.2, 0) is 14.3 Å². The van der Waals surface area contributed by atoms with Crippen molar-refractivity contribution in [2.45, 2.75) is 38.6 Å². The molecule has 2 aliphatic rings. The summed E-state index contributed by atoms with van der Waals surface area (Å²) in [5.74, 6) is -1.75. The lowest BCUT2D eigenvalue weighted by atomic mass is 10.0. The first-order chi connectivity index (χ1) is 12.4. The fraction of sp³-hybridized carbons (Fsp3) is 0.350. The molecule has 1 amide bonds. The van der Waals surface area contributed by atoms with Crippen LogP contribution in [0.3, 0.4) is 0 Å². The Morgan fingerprint density at radius 2 is 1.81 bits per heavy atom. The summed E-state index contributed by atoms with van der Waals surface area (Å²) in [5.41, 5.74) is 2.02. The minimum absolute atomic E-state index is 0.113. The van der Waals surface area contributed by atoms with E-state index in [2.05, 4.69) is 0 Å². The molecule has 0 bridgehead atoms. The maximum Gasteiger partial charge on any atom is 0.340 e. The molecule has 1 aliphatic carbocycles. The molecule has 1 aliphatic heterocycles. The third kappa shape index (κ3) is 3.14. The van der Waals surface area contributed by atoms with E-state index in [-0.39, 0.29) is 23.1 Å². The van der Waals surface area contributed by atoms with Crippen molar-refractivity contribution >= 4 is 23.9 Å². The second kappa shape index (κ2) is 7.15. The Morgan fingerprint density at radius 1 is 1.19 bits per heavy atom. The van der Waals surface area contributed by atoms with Crippen LogP contribution < -0.4 is 0 Å². The van der Waals surface area contributed by atoms with E-state index in [1.807, 2.05) is 0 Å². The van der Waals surface area contributed by atoms with Crippen LogP contribution in [0.2, 0.25) is 0 Å². The molecule has 6 heteroatoms. The summed E-state index contributed by atoms with van der Waals surface area (Å²) in [5, 5.41) is 8.99.